The first kappa shape index (κ1) is 21.8. The van der Waals surface area contributed by atoms with Crippen LogP contribution in [0.2, 0.25) is 5.02 Å². The van der Waals surface area contributed by atoms with Crippen LogP contribution < -0.4 is 14.8 Å². The summed E-state index contributed by atoms with van der Waals surface area (Å²) in [7, 11) is -4.42. The molecule has 0 unspecified atom stereocenters. The lowest BCUT2D eigenvalue weighted by Gasteiger charge is -2.14. The average molecular weight is 439 g/mol. The van der Waals surface area contributed by atoms with Crippen molar-refractivity contribution in [2.75, 3.05) is 19.0 Å². The Labute approximate surface area is 163 Å². The normalized spacial score (nSPS) is 11.8. The van der Waals surface area contributed by atoms with E-state index in [0.29, 0.717) is 6.07 Å². The van der Waals surface area contributed by atoms with Crippen LogP contribution in [0.15, 0.2) is 35.2 Å². The summed E-state index contributed by atoms with van der Waals surface area (Å²) in [5, 5.41) is 2.21. The van der Waals surface area contributed by atoms with Crippen molar-refractivity contribution in [1.82, 2.24) is 4.98 Å². The quantitative estimate of drug-likeness (QED) is 0.739. The first-order chi connectivity index (χ1) is 13.0. The third-order valence-electron chi connectivity index (χ3n) is 3.36. The zero-order valence-electron chi connectivity index (χ0n) is 14.5. The van der Waals surface area contributed by atoms with E-state index in [0.717, 1.165) is 12.1 Å². The van der Waals surface area contributed by atoms with Gasteiger partial charge in [0.2, 0.25) is 5.88 Å². The third-order valence-corrected chi connectivity index (χ3v) is 5.15. The molecule has 2 aromatic rings. The largest absolute Gasteiger partial charge is 0.501 e. The van der Waals surface area contributed by atoms with E-state index in [1.165, 1.54) is 19.2 Å². The number of carbonyl (C=O) groups excluding carboxylic acids is 1. The van der Waals surface area contributed by atoms with Gasteiger partial charge in [0.15, 0.2) is 5.69 Å². The van der Waals surface area contributed by atoms with E-state index >= 15 is 0 Å². The van der Waals surface area contributed by atoms with Crippen molar-refractivity contribution in [3.63, 3.8) is 0 Å². The average Bonchev–Trinajstić information content (AvgIpc) is 2.62. The van der Waals surface area contributed by atoms with E-state index in [1.54, 1.807) is 6.92 Å². The number of sulfone groups is 1. The number of anilines is 1. The Morgan fingerprint density at radius 2 is 1.93 bits per heavy atom. The molecule has 0 aliphatic rings. The minimum atomic E-state index is -5.62. The zero-order valence-corrected chi connectivity index (χ0v) is 16.1. The molecule has 0 atom stereocenters. The maximum atomic E-state index is 12.8. The summed E-state index contributed by atoms with van der Waals surface area (Å²) in [4.78, 5) is 15.3. The van der Waals surface area contributed by atoms with Gasteiger partial charge in [-0.05, 0) is 31.2 Å². The van der Waals surface area contributed by atoms with Crippen molar-refractivity contribution in [2.45, 2.75) is 17.3 Å². The van der Waals surface area contributed by atoms with Gasteiger partial charge < -0.3 is 14.8 Å². The van der Waals surface area contributed by atoms with Crippen molar-refractivity contribution in [2.24, 2.45) is 0 Å². The molecule has 7 nitrogen and oxygen atoms in total. The second-order valence-electron chi connectivity index (χ2n) is 5.18. The van der Waals surface area contributed by atoms with E-state index in [-0.39, 0.29) is 34.6 Å². The van der Waals surface area contributed by atoms with Gasteiger partial charge in [-0.2, -0.15) is 13.2 Å². The van der Waals surface area contributed by atoms with Crippen LogP contribution in [0, 0.1) is 0 Å². The van der Waals surface area contributed by atoms with Crippen LogP contribution in [0.3, 0.4) is 0 Å². The van der Waals surface area contributed by atoms with Crippen LogP contribution in [0.25, 0.3) is 0 Å². The summed E-state index contributed by atoms with van der Waals surface area (Å²) >= 11 is 5.94. The van der Waals surface area contributed by atoms with Gasteiger partial charge in [0.05, 0.1) is 29.3 Å². The fourth-order valence-corrected chi connectivity index (χ4v) is 3.06. The molecule has 1 heterocycles. The maximum absolute atomic E-state index is 12.8. The third kappa shape index (κ3) is 4.47. The molecule has 1 aromatic carbocycles. The number of methoxy groups -OCH3 is 1. The number of hydrogen-bond acceptors (Lipinski definition) is 6. The second kappa shape index (κ2) is 8.23. The zero-order chi connectivity index (χ0) is 21.1. The number of ether oxygens (including phenoxy) is 2. The Kier molecular flexibility index (Phi) is 6.40. The highest BCUT2D eigenvalue weighted by Crippen LogP contribution is 2.35. The van der Waals surface area contributed by atoms with Gasteiger partial charge in [-0.3, -0.25) is 4.79 Å². The van der Waals surface area contributed by atoms with E-state index in [2.05, 4.69) is 10.3 Å². The van der Waals surface area contributed by atoms with Crippen LogP contribution in [-0.4, -0.2) is 38.5 Å². The molecule has 1 N–H and O–H groups in total. The molecule has 0 radical (unpaired) electrons. The first-order valence-electron chi connectivity index (χ1n) is 7.61. The molecule has 0 aliphatic carbocycles. The highest BCUT2D eigenvalue weighted by atomic mass is 35.5. The first-order valence-corrected chi connectivity index (χ1v) is 9.47. The van der Waals surface area contributed by atoms with Gasteiger partial charge in [-0.25, -0.2) is 13.4 Å². The molecule has 0 saturated carbocycles. The predicted molar refractivity (Wildman–Crippen MR) is 94.6 cm³/mol. The van der Waals surface area contributed by atoms with Crippen LogP contribution in [0.5, 0.6) is 11.6 Å². The fourth-order valence-electron chi connectivity index (χ4n) is 2.08. The van der Waals surface area contributed by atoms with E-state index in [1.807, 2.05) is 0 Å². The Morgan fingerprint density at radius 1 is 1.25 bits per heavy atom. The van der Waals surface area contributed by atoms with Crippen molar-refractivity contribution in [3.05, 3.63) is 41.0 Å². The molecule has 2 rings (SSSR count). The highest BCUT2D eigenvalue weighted by Gasteiger charge is 2.47. The standard InChI is InChI=1S/C16H14ClF3N2O5S/c1-3-27-13-7-5-10(17)14(22-13)15(23)21-11-8-9(4-6-12(11)26-2)28(24,25)16(18,19)20/h4-8H,3H2,1-2H3,(H,21,23). The lowest BCUT2D eigenvalue weighted by Crippen LogP contribution is -2.23. The van der Waals surface area contributed by atoms with Gasteiger partial charge in [-0.1, -0.05) is 11.6 Å². The molecule has 28 heavy (non-hydrogen) atoms. The number of benzene rings is 1. The lowest BCUT2D eigenvalue weighted by molar-refractivity contribution is -0.0436. The summed E-state index contributed by atoms with van der Waals surface area (Å²) in [5.74, 6) is -0.851. The van der Waals surface area contributed by atoms with E-state index < -0.39 is 26.1 Å². The Balaban J connectivity index is 2.44. The molecule has 0 aliphatic heterocycles. The number of hydrogen-bond donors (Lipinski definition) is 1. The topological polar surface area (TPSA) is 94.6 Å². The second-order valence-corrected chi connectivity index (χ2v) is 7.53. The summed E-state index contributed by atoms with van der Waals surface area (Å²) in [6.45, 7) is 1.98. The smallest absolute Gasteiger partial charge is 0.495 e. The molecule has 12 heteroatoms. The maximum Gasteiger partial charge on any atom is 0.501 e. The fraction of sp³-hybridized carbons (Fsp3) is 0.250. The van der Waals surface area contributed by atoms with Gasteiger partial charge >= 0.3 is 5.51 Å². The number of halogens is 4. The summed E-state index contributed by atoms with van der Waals surface area (Å²) < 4.78 is 71.7. The monoisotopic (exact) mass is 438 g/mol. The molecule has 0 bridgehead atoms. The molecule has 0 fully saturated rings. The summed E-state index contributed by atoms with van der Waals surface area (Å²) in [6.07, 6.45) is 0. The predicted octanol–water partition coefficient (Wildman–Crippen LogP) is 3.69. The number of aromatic nitrogens is 1. The molecule has 152 valence electrons. The summed E-state index contributed by atoms with van der Waals surface area (Å²) in [5.41, 5.74) is -6.07. The van der Waals surface area contributed by atoms with Crippen LogP contribution >= 0.6 is 11.6 Å². The minimum Gasteiger partial charge on any atom is -0.495 e. The Bertz CT molecular complexity index is 996. The van der Waals surface area contributed by atoms with Gasteiger partial charge in [0.25, 0.3) is 15.7 Å². The van der Waals surface area contributed by atoms with Crippen molar-refractivity contribution in [3.8, 4) is 11.6 Å². The number of carbonyl (C=O) groups is 1. The van der Waals surface area contributed by atoms with Crippen LogP contribution in [0.4, 0.5) is 18.9 Å². The summed E-state index contributed by atoms with van der Waals surface area (Å²) in [6, 6.07) is 5.13. The van der Waals surface area contributed by atoms with Gasteiger partial charge in [0.1, 0.15) is 5.75 Å². The van der Waals surface area contributed by atoms with Crippen molar-refractivity contribution < 1.29 is 35.9 Å². The van der Waals surface area contributed by atoms with Crippen molar-refractivity contribution >= 4 is 33.0 Å². The van der Waals surface area contributed by atoms with Crippen LogP contribution in [0.1, 0.15) is 17.4 Å². The number of rotatable bonds is 6. The number of nitrogens with zero attached hydrogens (tertiary/aromatic N) is 1. The number of amides is 1. The molecule has 1 amide bonds. The number of nitrogens with one attached hydrogen (secondary N) is 1. The van der Waals surface area contributed by atoms with E-state index in [4.69, 9.17) is 21.1 Å². The number of pyridine rings is 1. The molecule has 0 saturated heterocycles. The molecular formula is C16H14ClF3N2O5S. The minimum absolute atomic E-state index is 0.0426. The van der Waals surface area contributed by atoms with Gasteiger partial charge in [0, 0.05) is 6.07 Å². The lowest BCUT2D eigenvalue weighted by atomic mass is 10.2. The molecule has 0 spiro atoms. The SMILES string of the molecule is CCOc1ccc(Cl)c(C(=O)Nc2cc(S(=O)(=O)C(F)(F)F)ccc2OC)n1. The number of alkyl halides is 3. The Morgan fingerprint density at radius 3 is 2.50 bits per heavy atom. The molecular weight excluding hydrogens is 425 g/mol. The van der Waals surface area contributed by atoms with Gasteiger partial charge in [-0.15, -0.1) is 0 Å². The Hall–Kier alpha value is -2.53. The highest BCUT2D eigenvalue weighted by molar-refractivity contribution is 7.92. The van der Waals surface area contributed by atoms with Crippen LogP contribution in [-0.2, 0) is 9.84 Å². The van der Waals surface area contributed by atoms with Crippen molar-refractivity contribution in [1.29, 1.82) is 0 Å². The molecule has 1 aromatic heterocycles. The van der Waals surface area contributed by atoms with E-state index in [9.17, 15) is 26.4 Å².